The van der Waals surface area contributed by atoms with E-state index in [0.717, 1.165) is 25.8 Å². The molecular weight excluding hydrogens is 294 g/mol. The van der Waals surface area contributed by atoms with Gasteiger partial charge in [-0.15, -0.1) is 0 Å². The molecule has 1 aromatic carbocycles. The van der Waals surface area contributed by atoms with E-state index in [4.69, 9.17) is 0 Å². The first kappa shape index (κ1) is 16.0. The Labute approximate surface area is 134 Å². The maximum atomic E-state index is 11.6. The summed E-state index contributed by atoms with van der Waals surface area (Å²) in [5.74, 6) is 0.929. The minimum atomic E-state index is -2.88. The van der Waals surface area contributed by atoms with Crippen LogP contribution in [0.2, 0.25) is 0 Å². The highest BCUT2D eigenvalue weighted by molar-refractivity contribution is 7.90. The molecule has 0 unspecified atom stereocenters. The Morgan fingerprint density at radius 1 is 1.18 bits per heavy atom. The third-order valence-corrected chi connectivity index (χ3v) is 6.86. The number of rotatable bonds is 6. The Morgan fingerprint density at radius 3 is 2.32 bits per heavy atom. The van der Waals surface area contributed by atoms with Gasteiger partial charge in [0.25, 0.3) is 0 Å². The predicted molar refractivity (Wildman–Crippen MR) is 90.7 cm³/mol. The molecular formula is C18H27NO2S. The highest BCUT2D eigenvalue weighted by Crippen LogP contribution is 2.53. The van der Waals surface area contributed by atoms with Crippen LogP contribution in [0.5, 0.6) is 0 Å². The van der Waals surface area contributed by atoms with Crippen molar-refractivity contribution in [2.75, 3.05) is 18.6 Å². The Hall–Kier alpha value is -0.870. The minimum absolute atomic E-state index is 0.0154. The van der Waals surface area contributed by atoms with Crippen molar-refractivity contribution in [3.8, 4) is 0 Å². The molecule has 0 amide bonds. The van der Waals surface area contributed by atoms with Gasteiger partial charge in [-0.1, -0.05) is 44.2 Å². The van der Waals surface area contributed by atoms with Crippen molar-refractivity contribution in [1.82, 2.24) is 5.32 Å². The van der Waals surface area contributed by atoms with Crippen LogP contribution in [0, 0.1) is 10.8 Å². The van der Waals surface area contributed by atoms with Crippen LogP contribution < -0.4 is 5.32 Å². The Balaban J connectivity index is 1.58. The Kier molecular flexibility index (Phi) is 3.89. The van der Waals surface area contributed by atoms with E-state index in [9.17, 15) is 8.42 Å². The summed E-state index contributed by atoms with van der Waals surface area (Å²) in [6.45, 7) is 5.49. The lowest BCUT2D eigenvalue weighted by atomic mass is 9.56. The van der Waals surface area contributed by atoms with Gasteiger partial charge in [-0.05, 0) is 41.6 Å². The molecule has 3 rings (SSSR count). The van der Waals surface area contributed by atoms with Gasteiger partial charge in [-0.2, -0.15) is 0 Å². The van der Waals surface area contributed by atoms with E-state index in [1.807, 2.05) is 0 Å². The van der Waals surface area contributed by atoms with Crippen LogP contribution in [-0.4, -0.2) is 33.0 Å². The molecule has 2 saturated carbocycles. The van der Waals surface area contributed by atoms with Crippen LogP contribution in [0.1, 0.15) is 44.6 Å². The van der Waals surface area contributed by atoms with Crippen molar-refractivity contribution in [2.45, 2.75) is 45.1 Å². The average Bonchev–Trinajstić information content (AvgIpc) is 3.16. The second-order valence-corrected chi connectivity index (χ2v) is 10.2. The van der Waals surface area contributed by atoms with Gasteiger partial charge < -0.3 is 5.32 Å². The normalized spacial score (nSPS) is 28.9. The Morgan fingerprint density at radius 2 is 1.82 bits per heavy atom. The molecule has 2 atom stereocenters. The van der Waals surface area contributed by atoms with Crippen LogP contribution in [0.15, 0.2) is 30.3 Å². The lowest BCUT2D eigenvalue weighted by molar-refractivity contribution is 0.0657. The Bertz CT molecular complexity index is 632. The fraction of sp³-hybridized carbons (Fsp3) is 0.667. The van der Waals surface area contributed by atoms with Crippen LogP contribution in [0.4, 0.5) is 0 Å². The molecule has 2 aliphatic carbocycles. The number of nitrogens with one attached hydrogen (secondary N) is 1. The van der Waals surface area contributed by atoms with Crippen molar-refractivity contribution in [2.24, 2.45) is 10.8 Å². The molecule has 4 heteroatoms. The van der Waals surface area contributed by atoms with Gasteiger partial charge in [-0.25, -0.2) is 8.42 Å². The zero-order chi connectivity index (χ0) is 16.0. The highest BCUT2D eigenvalue weighted by Gasteiger charge is 2.51. The molecule has 0 bridgehead atoms. The fourth-order valence-electron chi connectivity index (χ4n) is 3.97. The third kappa shape index (κ3) is 3.23. The molecule has 122 valence electrons. The summed E-state index contributed by atoms with van der Waals surface area (Å²) in [5.41, 5.74) is 1.66. The van der Waals surface area contributed by atoms with Gasteiger partial charge in [-0.3, -0.25) is 0 Å². The van der Waals surface area contributed by atoms with Gasteiger partial charge >= 0.3 is 0 Å². The fourth-order valence-corrected chi connectivity index (χ4v) is 5.47. The summed E-state index contributed by atoms with van der Waals surface area (Å²) in [6, 6.07) is 11.2. The summed E-state index contributed by atoms with van der Waals surface area (Å²) in [5, 5.41) is 3.67. The summed E-state index contributed by atoms with van der Waals surface area (Å²) in [7, 11) is -2.88. The lowest BCUT2D eigenvalue weighted by Gasteiger charge is -2.53. The van der Waals surface area contributed by atoms with E-state index in [0.29, 0.717) is 17.7 Å². The molecule has 1 N–H and O–H groups in total. The van der Waals surface area contributed by atoms with Crippen molar-refractivity contribution in [3.05, 3.63) is 35.9 Å². The van der Waals surface area contributed by atoms with Crippen molar-refractivity contribution in [1.29, 1.82) is 0 Å². The number of hydrogen-bond donors (Lipinski definition) is 1. The minimum Gasteiger partial charge on any atom is -0.313 e. The SMILES string of the molecule is CC1(C)[C@@H](NCC2(CS(C)(=O)=O)CC2)C[C@H]1c1ccccc1. The highest BCUT2D eigenvalue weighted by atomic mass is 32.2. The quantitative estimate of drug-likeness (QED) is 0.876. The van der Waals surface area contributed by atoms with Crippen molar-refractivity contribution < 1.29 is 8.42 Å². The zero-order valence-electron chi connectivity index (χ0n) is 13.8. The standard InChI is InChI=1S/C18H27NO2S/c1-17(2)15(14-7-5-4-6-8-14)11-16(17)19-12-18(9-10-18)13-22(3,20)21/h4-8,15-16,19H,9-13H2,1-3H3/t15-,16-/m0/s1. The summed E-state index contributed by atoms with van der Waals surface area (Å²) < 4.78 is 23.1. The second kappa shape index (κ2) is 5.34. The van der Waals surface area contributed by atoms with E-state index < -0.39 is 9.84 Å². The molecule has 0 heterocycles. The first-order valence-corrected chi connectivity index (χ1v) is 10.2. The van der Waals surface area contributed by atoms with E-state index in [1.54, 1.807) is 0 Å². The van der Waals surface area contributed by atoms with E-state index >= 15 is 0 Å². The van der Waals surface area contributed by atoms with Crippen molar-refractivity contribution in [3.63, 3.8) is 0 Å². The smallest absolute Gasteiger partial charge is 0.148 e. The van der Waals surface area contributed by atoms with Crippen LogP contribution in [-0.2, 0) is 9.84 Å². The molecule has 2 aliphatic rings. The first-order chi connectivity index (χ1) is 10.2. The van der Waals surface area contributed by atoms with Gasteiger partial charge in [0.1, 0.15) is 9.84 Å². The van der Waals surface area contributed by atoms with Gasteiger partial charge in [0, 0.05) is 18.8 Å². The van der Waals surface area contributed by atoms with Crippen LogP contribution in [0.25, 0.3) is 0 Å². The maximum Gasteiger partial charge on any atom is 0.148 e. The predicted octanol–water partition coefficient (Wildman–Crippen LogP) is 2.98. The molecule has 0 aromatic heterocycles. The maximum absolute atomic E-state index is 11.6. The summed E-state index contributed by atoms with van der Waals surface area (Å²) in [6.07, 6.45) is 4.59. The van der Waals surface area contributed by atoms with E-state index in [-0.39, 0.29) is 10.8 Å². The van der Waals surface area contributed by atoms with Gasteiger partial charge in [0.2, 0.25) is 0 Å². The molecule has 0 aliphatic heterocycles. The molecule has 0 spiro atoms. The van der Waals surface area contributed by atoms with Crippen LogP contribution in [0.3, 0.4) is 0 Å². The van der Waals surface area contributed by atoms with E-state index in [1.165, 1.54) is 11.8 Å². The average molecular weight is 321 g/mol. The van der Waals surface area contributed by atoms with Gasteiger partial charge in [0.05, 0.1) is 5.75 Å². The molecule has 22 heavy (non-hydrogen) atoms. The molecule has 2 fully saturated rings. The van der Waals surface area contributed by atoms with E-state index in [2.05, 4.69) is 49.5 Å². The first-order valence-electron chi connectivity index (χ1n) is 8.18. The summed E-state index contributed by atoms with van der Waals surface area (Å²) >= 11 is 0. The number of sulfone groups is 1. The molecule has 0 radical (unpaired) electrons. The van der Waals surface area contributed by atoms with Crippen molar-refractivity contribution >= 4 is 9.84 Å². The van der Waals surface area contributed by atoms with Gasteiger partial charge in [0.15, 0.2) is 0 Å². The molecule has 1 aromatic rings. The zero-order valence-corrected chi connectivity index (χ0v) is 14.6. The number of hydrogen-bond acceptors (Lipinski definition) is 3. The largest absolute Gasteiger partial charge is 0.313 e. The topological polar surface area (TPSA) is 46.2 Å². The lowest BCUT2D eigenvalue weighted by Crippen LogP contribution is -2.56. The monoisotopic (exact) mass is 321 g/mol. The summed E-state index contributed by atoms with van der Waals surface area (Å²) in [4.78, 5) is 0. The molecule has 0 saturated heterocycles. The molecule has 3 nitrogen and oxygen atoms in total. The second-order valence-electron chi connectivity index (χ2n) is 8.02. The number of benzene rings is 1. The third-order valence-electron chi connectivity index (χ3n) is 5.72. The van der Waals surface area contributed by atoms with Crippen LogP contribution >= 0.6 is 0 Å².